The Morgan fingerprint density at radius 2 is 1.90 bits per heavy atom. The number of ether oxygens (including phenoxy) is 2. The largest absolute Gasteiger partial charge is 0.465 e. The van der Waals surface area contributed by atoms with E-state index in [0.717, 1.165) is 24.0 Å². The summed E-state index contributed by atoms with van der Waals surface area (Å²) in [7, 11) is 0. The van der Waals surface area contributed by atoms with Gasteiger partial charge in [-0.25, -0.2) is 4.79 Å². The maximum Gasteiger partial charge on any atom is 0.330 e. The standard InChI is InChI=1S/C17H20O4/c1-3-20-15(18)9-8-13-6-5-7-14(12-13)17(10-11-17)16(19)21-4-2/h5-9,12H,3-4,10-11H2,1-2H3/b9-8+. The molecule has 4 heteroatoms. The van der Waals surface area contributed by atoms with E-state index < -0.39 is 5.41 Å². The summed E-state index contributed by atoms with van der Waals surface area (Å²) in [6.45, 7) is 4.33. The van der Waals surface area contributed by atoms with Crippen LogP contribution in [0.15, 0.2) is 30.3 Å². The zero-order valence-electron chi connectivity index (χ0n) is 12.4. The van der Waals surface area contributed by atoms with Gasteiger partial charge < -0.3 is 9.47 Å². The molecule has 0 aromatic heterocycles. The van der Waals surface area contributed by atoms with Crippen LogP contribution in [0.25, 0.3) is 6.08 Å². The van der Waals surface area contributed by atoms with Crippen molar-refractivity contribution in [3.05, 3.63) is 41.5 Å². The summed E-state index contributed by atoms with van der Waals surface area (Å²) in [5.41, 5.74) is 1.34. The highest BCUT2D eigenvalue weighted by Gasteiger charge is 2.52. The molecule has 0 aliphatic heterocycles. The Kier molecular flexibility index (Phi) is 4.78. The molecule has 0 heterocycles. The third-order valence-electron chi connectivity index (χ3n) is 3.55. The second kappa shape index (κ2) is 6.57. The number of carbonyl (C=O) groups is 2. The molecule has 2 rings (SSSR count). The van der Waals surface area contributed by atoms with Crippen molar-refractivity contribution >= 4 is 18.0 Å². The third-order valence-corrected chi connectivity index (χ3v) is 3.55. The Morgan fingerprint density at radius 1 is 1.19 bits per heavy atom. The molecular formula is C17H20O4. The maximum atomic E-state index is 12.1. The van der Waals surface area contributed by atoms with Crippen LogP contribution in [0.3, 0.4) is 0 Å². The van der Waals surface area contributed by atoms with Gasteiger partial charge in [-0.3, -0.25) is 4.79 Å². The Labute approximate surface area is 124 Å². The summed E-state index contributed by atoms with van der Waals surface area (Å²) in [5.74, 6) is -0.522. The summed E-state index contributed by atoms with van der Waals surface area (Å²) in [6.07, 6.45) is 4.73. The van der Waals surface area contributed by atoms with Crippen LogP contribution in [0, 0.1) is 0 Å². The van der Waals surface area contributed by atoms with Crippen molar-refractivity contribution in [2.45, 2.75) is 32.1 Å². The minimum absolute atomic E-state index is 0.156. The van der Waals surface area contributed by atoms with Crippen molar-refractivity contribution in [1.29, 1.82) is 0 Å². The lowest BCUT2D eigenvalue weighted by molar-refractivity contribution is -0.146. The number of carbonyl (C=O) groups excluding carboxylic acids is 2. The van der Waals surface area contributed by atoms with Crippen LogP contribution in [0.4, 0.5) is 0 Å². The minimum atomic E-state index is -0.482. The van der Waals surface area contributed by atoms with Gasteiger partial charge in [-0.15, -0.1) is 0 Å². The first kappa shape index (κ1) is 15.3. The first-order chi connectivity index (χ1) is 10.1. The molecule has 1 aliphatic carbocycles. The third kappa shape index (κ3) is 3.51. The zero-order valence-corrected chi connectivity index (χ0v) is 12.4. The van der Waals surface area contributed by atoms with Gasteiger partial charge in [0.2, 0.25) is 0 Å². The van der Waals surface area contributed by atoms with Crippen molar-refractivity contribution in [2.24, 2.45) is 0 Å². The quantitative estimate of drug-likeness (QED) is 0.596. The molecule has 1 fully saturated rings. The molecule has 0 saturated heterocycles. The Balaban J connectivity index is 2.15. The van der Waals surface area contributed by atoms with Gasteiger partial charge in [-0.1, -0.05) is 24.3 Å². The van der Waals surface area contributed by atoms with Crippen molar-refractivity contribution in [2.75, 3.05) is 13.2 Å². The number of hydrogen-bond donors (Lipinski definition) is 0. The van der Waals surface area contributed by atoms with Crippen LogP contribution in [-0.4, -0.2) is 25.2 Å². The van der Waals surface area contributed by atoms with Gasteiger partial charge in [0.1, 0.15) is 0 Å². The molecule has 0 radical (unpaired) electrons. The topological polar surface area (TPSA) is 52.6 Å². The molecule has 1 aromatic carbocycles. The van der Waals surface area contributed by atoms with Crippen LogP contribution in [0.2, 0.25) is 0 Å². The summed E-state index contributed by atoms with van der Waals surface area (Å²) in [6, 6.07) is 7.64. The van der Waals surface area contributed by atoms with Crippen molar-refractivity contribution in [3.8, 4) is 0 Å². The van der Waals surface area contributed by atoms with E-state index in [-0.39, 0.29) is 11.9 Å². The molecule has 112 valence electrons. The molecule has 0 unspecified atom stereocenters. The lowest BCUT2D eigenvalue weighted by Gasteiger charge is -2.14. The first-order valence-corrected chi connectivity index (χ1v) is 7.25. The monoisotopic (exact) mass is 288 g/mol. The molecule has 4 nitrogen and oxygen atoms in total. The Morgan fingerprint density at radius 3 is 2.52 bits per heavy atom. The van der Waals surface area contributed by atoms with Crippen LogP contribution in [0.5, 0.6) is 0 Å². The lowest BCUT2D eigenvalue weighted by Crippen LogP contribution is -2.23. The van der Waals surface area contributed by atoms with Crippen LogP contribution in [-0.2, 0) is 24.5 Å². The SMILES string of the molecule is CCOC(=O)/C=C/c1cccc(C2(C(=O)OCC)CC2)c1. The summed E-state index contributed by atoms with van der Waals surface area (Å²) in [4.78, 5) is 23.4. The van der Waals surface area contributed by atoms with Crippen LogP contribution >= 0.6 is 0 Å². The lowest BCUT2D eigenvalue weighted by atomic mass is 9.94. The fourth-order valence-electron chi connectivity index (χ4n) is 2.30. The van der Waals surface area contributed by atoms with E-state index in [0.29, 0.717) is 13.2 Å². The average Bonchev–Trinajstić information content (AvgIpc) is 3.28. The summed E-state index contributed by atoms with van der Waals surface area (Å²) in [5, 5.41) is 0. The fraction of sp³-hybridized carbons (Fsp3) is 0.412. The fourth-order valence-corrected chi connectivity index (χ4v) is 2.30. The summed E-state index contributed by atoms with van der Waals surface area (Å²) >= 11 is 0. The second-order valence-electron chi connectivity index (χ2n) is 5.01. The smallest absolute Gasteiger partial charge is 0.330 e. The Hall–Kier alpha value is -2.10. The molecule has 1 saturated carbocycles. The molecule has 1 aliphatic rings. The number of rotatable bonds is 6. The van der Waals surface area contributed by atoms with E-state index in [1.165, 1.54) is 6.08 Å². The average molecular weight is 288 g/mol. The predicted molar refractivity (Wildman–Crippen MR) is 79.7 cm³/mol. The van der Waals surface area contributed by atoms with Gasteiger partial charge >= 0.3 is 11.9 Å². The number of hydrogen-bond acceptors (Lipinski definition) is 4. The van der Waals surface area contributed by atoms with Gasteiger partial charge in [-0.05, 0) is 43.9 Å². The Bertz CT molecular complexity index is 556. The van der Waals surface area contributed by atoms with Crippen LogP contribution < -0.4 is 0 Å². The molecular weight excluding hydrogens is 268 g/mol. The van der Waals surface area contributed by atoms with E-state index in [4.69, 9.17) is 9.47 Å². The predicted octanol–water partition coefficient (Wildman–Crippen LogP) is 2.86. The second-order valence-corrected chi connectivity index (χ2v) is 5.01. The zero-order chi connectivity index (χ0) is 15.3. The van der Waals surface area contributed by atoms with E-state index >= 15 is 0 Å². The summed E-state index contributed by atoms with van der Waals surface area (Å²) < 4.78 is 10.0. The van der Waals surface area contributed by atoms with Gasteiger partial charge in [-0.2, -0.15) is 0 Å². The van der Waals surface area contributed by atoms with E-state index in [2.05, 4.69) is 0 Å². The van der Waals surface area contributed by atoms with Crippen molar-refractivity contribution in [1.82, 2.24) is 0 Å². The van der Waals surface area contributed by atoms with E-state index in [1.807, 2.05) is 31.2 Å². The van der Waals surface area contributed by atoms with E-state index in [9.17, 15) is 9.59 Å². The van der Waals surface area contributed by atoms with Gasteiger partial charge in [0.15, 0.2) is 0 Å². The molecule has 1 aromatic rings. The van der Waals surface area contributed by atoms with Gasteiger partial charge in [0.05, 0.1) is 18.6 Å². The van der Waals surface area contributed by atoms with Crippen molar-refractivity contribution in [3.63, 3.8) is 0 Å². The van der Waals surface area contributed by atoms with Crippen molar-refractivity contribution < 1.29 is 19.1 Å². The highest BCUT2D eigenvalue weighted by Crippen LogP contribution is 2.49. The number of benzene rings is 1. The molecule has 0 amide bonds. The molecule has 0 spiro atoms. The minimum Gasteiger partial charge on any atom is -0.465 e. The van der Waals surface area contributed by atoms with E-state index in [1.54, 1.807) is 13.0 Å². The highest BCUT2D eigenvalue weighted by atomic mass is 16.5. The first-order valence-electron chi connectivity index (χ1n) is 7.25. The van der Waals surface area contributed by atoms with Crippen LogP contribution in [0.1, 0.15) is 37.8 Å². The molecule has 0 atom stereocenters. The molecule has 0 bridgehead atoms. The van der Waals surface area contributed by atoms with Gasteiger partial charge in [0.25, 0.3) is 0 Å². The molecule has 21 heavy (non-hydrogen) atoms. The molecule has 0 N–H and O–H groups in total. The maximum absolute atomic E-state index is 12.1. The normalized spacial score (nSPS) is 15.7. The number of esters is 2. The van der Waals surface area contributed by atoms with Gasteiger partial charge in [0, 0.05) is 6.08 Å². The highest BCUT2D eigenvalue weighted by molar-refractivity contribution is 5.88.